The minimum Gasteiger partial charge on any atom is -0.469 e. The number of ether oxygens (including phenoxy) is 2. The number of unbranched alkanes of at least 4 members (excludes halogenated alkanes) is 9. The van der Waals surface area contributed by atoms with Crippen LogP contribution in [-0.2, 0) is 14.3 Å². The van der Waals surface area contributed by atoms with Crippen molar-refractivity contribution in [1.82, 2.24) is 0 Å². The quantitative estimate of drug-likeness (QED) is 0.183. The predicted molar refractivity (Wildman–Crippen MR) is 102 cm³/mol. The van der Waals surface area contributed by atoms with E-state index in [4.69, 9.17) is 4.74 Å². The summed E-state index contributed by atoms with van der Waals surface area (Å²) in [6, 6.07) is 0. The summed E-state index contributed by atoms with van der Waals surface area (Å²) in [5.74, 6) is 0.479. The van der Waals surface area contributed by atoms with Crippen molar-refractivity contribution in [2.75, 3.05) is 20.8 Å². The molecule has 0 saturated carbocycles. The van der Waals surface area contributed by atoms with Gasteiger partial charge in [0.2, 0.25) is 0 Å². The van der Waals surface area contributed by atoms with E-state index >= 15 is 0 Å². The van der Waals surface area contributed by atoms with Crippen LogP contribution in [0.15, 0.2) is 12.2 Å². The Morgan fingerprint density at radius 1 is 0.917 bits per heavy atom. The van der Waals surface area contributed by atoms with Crippen molar-refractivity contribution in [3.05, 3.63) is 12.2 Å². The average molecular weight is 341 g/mol. The molecule has 3 nitrogen and oxygen atoms in total. The molecular formula is C21H40O3. The molecule has 0 radical (unpaired) electrons. The molecule has 0 fully saturated rings. The Morgan fingerprint density at radius 3 is 2.29 bits per heavy atom. The largest absolute Gasteiger partial charge is 0.469 e. The molecule has 3 heteroatoms. The van der Waals surface area contributed by atoms with E-state index in [1.807, 2.05) is 0 Å². The molecule has 24 heavy (non-hydrogen) atoms. The van der Waals surface area contributed by atoms with Crippen LogP contribution in [0.1, 0.15) is 90.4 Å². The fourth-order valence-electron chi connectivity index (χ4n) is 2.91. The molecule has 0 heterocycles. The first kappa shape index (κ1) is 23.2. The number of methoxy groups -OCH3 is 2. The van der Waals surface area contributed by atoms with Crippen molar-refractivity contribution in [2.45, 2.75) is 90.4 Å². The molecule has 0 aliphatic rings. The summed E-state index contributed by atoms with van der Waals surface area (Å²) in [4.78, 5) is 11.0. The summed E-state index contributed by atoms with van der Waals surface area (Å²) >= 11 is 0. The summed E-state index contributed by atoms with van der Waals surface area (Å²) in [6.45, 7) is 3.10. The lowest BCUT2D eigenvalue weighted by molar-refractivity contribution is -0.140. The number of rotatable bonds is 17. The minimum atomic E-state index is -0.0907. The van der Waals surface area contributed by atoms with Crippen molar-refractivity contribution in [2.24, 2.45) is 5.92 Å². The minimum absolute atomic E-state index is 0.0907. The van der Waals surface area contributed by atoms with Crippen LogP contribution in [0.5, 0.6) is 0 Å². The highest BCUT2D eigenvalue weighted by Gasteiger charge is 2.04. The number of hydrogen-bond donors (Lipinski definition) is 0. The van der Waals surface area contributed by atoms with E-state index in [1.54, 1.807) is 7.11 Å². The second-order valence-corrected chi connectivity index (χ2v) is 6.73. The van der Waals surface area contributed by atoms with E-state index in [0.29, 0.717) is 12.3 Å². The van der Waals surface area contributed by atoms with Crippen molar-refractivity contribution >= 4 is 5.97 Å². The molecule has 0 bridgehead atoms. The molecule has 0 saturated heterocycles. The van der Waals surface area contributed by atoms with Crippen LogP contribution < -0.4 is 0 Å². The Morgan fingerprint density at radius 2 is 1.58 bits per heavy atom. The Labute approximate surface area is 150 Å². The van der Waals surface area contributed by atoms with Gasteiger partial charge >= 0.3 is 5.97 Å². The molecular weight excluding hydrogens is 300 g/mol. The van der Waals surface area contributed by atoms with E-state index in [2.05, 4.69) is 23.8 Å². The molecule has 1 atom stereocenters. The number of allylic oxidation sites excluding steroid dienone is 1. The summed E-state index contributed by atoms with van der Waals surface area (Å²) in [5, 5.41) is 0. The predicted octanol–water partition coefficient (Wildman–Crippen LogP) is 6.07. The van der Waals surface area contributed by atoms with Gasteiger partial charge in [-0.25, -0.2) is 0 Å². The zero-order valence-corrected chi connectivity index (χ0v) is 16.4. The van der Waals surface area contributed by atoms with Gasteiger partial charge < -0.3 is 9.47 Å². The van der Waals surface area contributed by atoms with Crippen molar-refractivity contribution in [1.29, 1.82) is 0 Å². The molecule has 0 spiro atoms. The molecule has 142 valence electrons. The summed E-state index contributed by atoms with van der Waals surface area (Å²) in [6.07, 6.45) is 20.2. The zero-order valence-electron chi connectivity index (χ0n) is 16.4. The fraction of sp³-hybridized carbons (Fsp3) is 0.857. The van der Waals surface area contributed by atoms with Gasteiger partial charge in [-0.3, -0.25) is 4.79 Å². The maximum atomic E-state index is 11.0. The number of esters is 1. The van der Waals surface area contributed by atoms with E-state index in [-0.39, 0.29) is 5.97 Å². The molecule has 0 unspecified atom stereocenters. The standard InChI is InChI=1S/C21H40O3/c1-4-5-6-7-10-13-16-20(19-23-2)17-14-11-8-9-12-15-18-21(22)24-3/h14,17,20H,4-13,15-16,18-19H2,1-3H3/b17-14+/t20-/m1/s1. The van der Waals surface area contributed by atoms with Crippen LogP contribution in [0.4, 0.5) is 0 Å². The lowest BCUT2D eigenvalue weighted by Crippen LogP contribution is -2.05. The third kappa shape index (κ3) is 16.0. The van der Waals surface area contributed by atoms with Crippen LogP contribution in [0.25, 0.3) is 0 Å². The summed E-state index contributed by atoms with van der Waals surface area (Å²) in [5.41, 5.74) is 0. The highest BCUT2D eigenvalue weighted by atomic mass is 16.5. The van der Waals surface area contributed by atoms with Gasteiger partial charge in [0.1, 0.15) is 0 Å². The Hall–Kier alpha value is -0.830. The first-order chi connectivity index (χ1) is 11.7. The van der Waals surface area contributed by atoms with Crippen molar-refractivity contribution < 1.29 is 14.3 Å². The number of hydrogen-bond acceptors (Lipinski definition) is 3. The molecule has 0 aromatic heterocycles. The first-order valence-corrected chi connectivity index (χ1v) is 9.97. The van der Waals surface area contributed by atoms with E-state index in [0.717, 1.165) is 25.9 Å². The summed E-state index contributed by atoms with van der Waals surface area (Å²) < 4.78 is 9.99. The molecule has 0 aromatic carbocycles. The highest BCUT2D eigenvalue weighted by Crippen LogP contribution is 2.15. The van der Waals surface area contributed by atoms with E-state index in [1.165, 1.54) is 64.9 Å². The maximum Gasteiger partial charge on any atom is 0.305 e. The van der Waals surface area contributed by atoms with E-state index < -0.39 is 0 Å². The molecule has 0 rings (SSSR count). The van der Waals surface area contributed by atoms with Gasteiger partial charge in [-0.2, -0.15) is 0 Å². The topological polar surface area (TPSA) is 35.5 Å². The van der Waals surface area contributed by atoms with Crippen molar-refractivity contribution in [3.63, 3.8) is 0 Å². The van der Waals surface area contributed by atoms with Crippen LogP contribution in [-0.4, -0.2) is 26.8 Å². The van der Waals surface area contributed by atoms with Gasteiger partial charge in [0.05, 0.1) is 13.7 Å². The fourth-order valence-corrected chi connectivity index (χ4v) is 2.91. The number of carbonyl (C=O) groups excluding carboxylic acids is 1. The van der Waals surface area contributed by atoms with Crippen LogP contribution in [0, 0.1) is 5.92 Å². The van der Waals surface area contributed by atoms with Gasteiger partial charge in [0, 0.05) is 19.4 Å². The lowest BCUT2D eigenvalue weighted by atomic mass is 9.99. The van der Waals surface area contributed by atoms with Crippen LogP contribution in [0.3, 0.4) is 0 Å². The Bertz CT molecular complexity index is 299. The van der Waals surface area contributed by atoms with Gasteiger partial charge in [0.25, 0.3) is 0 Å². The average Bonchev–Trinajstić information content (AvgIpc) is 2.59. The van der Waals surface area contributed by atoms with Gasteiger partial charge in [-0.1, -0.05) is 70.4 Å². The van der Waals surface area contributed by atoms with Crippen LogP contribution in [0.2, 0.25) is 0 Å². The lowest BCUT2D eigenvalue weighted by Gasteiger charge is -2.11. The third-order valence-corrected chi connectivity index (χ3v) is 4.45. The van der Waals surface area contributed by atoms with Crippen molar-refractivity contribution in [3.8, 4) is 0 Å². The third-order valence-electron chi connectivity index (χ3n) is 4.45. The smallest absolute Gasteiger partial charge is 0.305 e. The van der Waals surface area contributed by atoms with E-state index in [9.17, 15) is 4.79 Å². The van der Waals surface area contributed by atoms with Gasteiger partial charge in [0.15, 0.2) is 0 Å². The Balaban J connectivity index is 3.62. The molecule has 0 N–H and O–H groups in total. The molecule has 0 aliphatic carbocycles. The van der Waals surface area contributed by atoms with Gasteiger partial charge in [-0.05, 0) is 25.7 Å². The second kappa shape index (κ2) is 18.5. The second-order valence-electron chi connectivity index (χ2n) is 6.73. The van der Waals surface area contributed by atoms with Gasteiger partial charge in [-0.15, -0.1) is 0 Å². The molecule has 0 aliphatic heterocycles. The Kier molecular flexibility index (Phi) is 17.9. The summed E-state index contributed by atoms with van der Waals surface area (Å²) in [7, 11) is 3.25. The number of carbonyl (C=O) groups is 1. The maximum absolute atomic E-state index is 11.0. The van der Waals surface area contributed by atoms with Crippen LogP contribution >= 0.6 is 0 Å². The normalized spacial score (nSPS) is 12.6. The molecule has 0 aromatic rings. The monoisotopic (exact) mass is 340 g/mol. The SMILES string of the molecule is CCCCCCCC[C@H](/C=C/CCCCCCC(=O)OC)COC. The zero-order chi connectivity index (χ0) is 17.9. The molecule has 0 amide bonds. The first-order valence-electron chi connectivity index (χ1n) is 9.97. The highest BCUT2D eigenvalue weighted by molar-refractivity contribution is 5.68.